The monoisotopic (exact) mass is 278 g/mol. The van der Waals surface area contributed by atoms with Crippen molar-refractivity contribution in [1.82, 2.24) is 4.31 Å². The number of rotatable bonds is 4. The molecule has 0 spiro atoms. The minimum atomic E-state index is -3.38. The van der Waals surface area contributed by atoms with Gasteiger partial charge in [-0.1, -0.05) is 26.1 Å². The molecule has 4 nitrogen and oxygen atoms in total. The van der Waals surface area contributed by atoms with Crippen LogP contribution in [0.4, 0.5) is 0 Å². The van der Waals surface area contributed by atoms with Crippen LogP contribution >= 0.6 is 12.2 Å². The van der Waals surface area contributed by atoms with E-state index in [4.69, 9.17) is 18.0 Å². The Morgan fingerprint density at radius 2 is 2.12 bits per heavy atom. The maximum Gasteiger partial charge on any atom is 0.223 e. The van der Waals surface area contributed by atoms with E-state index in [2.05, 4.69) is 6.92 Å². The average molecular weight is 278 g/mol. The highest BCUT2D eigenvalue weighted by molar-refractivity contribution is 7.92. The van der Waals surface area contributed by atoms with Gasteiger partial charge in [0, 0.05) is 12.6 Å². The zero-order valence-corrected chi connectivity index (χ0v) is 12.4. The molecule has 0 aliphatic carbocycles. The molecule has 3 unspecified atom stereocenters. The van der Waals surface area contributed by atoms with E-state index in [-0.39, 0.29) is 11.0 Å². The summed E-state index contributed by atoms with van der Waals surface area (Å²) < 4.78 is 26.5. The van der Waals surface area contributed by atoms with Crippen molar-refractivity contribution in [2.45, 2.75) is 51.3 Å². The normalized spacial score (nSPS) is 28.9. The van der Waals surface area contributed by atoms with E-state index in [9.17, 15) is 8.42 Å². The van der Waals surface area contributed by atoms with Crippen molar-refractivity contribution in [3.8, 4) is 0 Å². The Balaban J connectivity index is 2.93. The molecule has 0 aromatic carbocycles. The first-order chi connectivity index (χ1) is 7.80. The van der Waals surface area contributed by atoms with E-state index in [0.717, 1.165) is 12.8 Å². The number of nitrogens with zero attached hydrogens (tertiary/aromatic N) is 1. The lowest BCUT2D eigenvalue weighted by atomic mass is 9.95. The van der Waals surface area contributed by atoms with E-state index in [1.165, 1.54) is 0 Å². The molecular weight excluding hydrogens is 256 g/mol. The summed E-state index contributed by atoms with van der Waals surface area (Å²) >= 11 is 4.87. The molecule has 0 bridgehead atoms. The van der Waals surface area contributed by atoms with Gasteiger partial charge in [0.1, 0.15) is 5.25 Å². The third-order valence-electron chi connectivity index (χ3n) is 3.45. The number of piperidine rings is 1. The Hall–Kier alpha value is -0.200. The quantitative estimate of drug-likeness (QED) is 0.792. The van der Waals surface area contributed by atoms with Crippen molar-refractivity contribution in [1.29, 1.82) is 0 Å². The summed E-state index contributed by atoms with van der Waals surface area (Å²) in [7, 11) is -3.38. The minimum Gasteiger partial charge on any atom is -0.392 e. The SMILES string of the molecule is CCC(C(N)=S)S(=O)(=O)N1CCC(C)CC1C. The number of thiocarbonyl (C=S) groups is 1. The van der Waals surface area contributed by atoms with Crippen LogP contribution in [-0.4, -0.2) is 35.5 Å². The molecule has 1 aliphatic rings. The second-order valence-corrected chi connectivity index (χ2v) is 7.47. The lowest BCUT2D eigenvalue weighted by Crippen LogP contribution is -2.50. The van der Waals surface area contributed by atoms with Gasteiger partial charge in [0.05, 0.1) is 4.99 Å². The largest absolute Gasteiger partial charge is 0.392 e. The van der Waals surface area contributed by atoms with E-state index < -0.39 is 15.3 Å². The highest BCUT2D eigenvalue weighted by Gasteiger charge is 2.37. The molecule has 1 heterocycles. The fraction of sp³-hybridized carbons (Fsp3) is 0.909. The molecule has 1 fully saturated rings. The maximum absolute atomic E-state index is 12.4. The van der Waals surface area contributed by atoms with Gasteiger partial charge >= 0.3 is 0 Å². The van der Waals surface area contributed by atoms with Gasteiger partial charge in [-0.15, -0.1) is 0 Å². The number of sulfonamides is 1. The maximum atomic E-state index is 12.4. The first-order valence-corrected chi connectivity index (χ1v) is 8.01. The second-order valence-electron chi connectivity index (χ2n) is 4.93. The van der Waals surface area contributed by atoms with E-state index in [1.54, 1.807) is 11.2 Å². The summed E-state index contributed by atoms with van der Waals surface area (Å²) in [5.74, 6) is 0.585. The molecule has 1 rings (SSSR count). The third kappa shape index (κ3) is 3.17. The first kappa shape index (κ1) is 14.9. The summed E-state index contributed by atoms with van der Waals surface area (Å²) in [5, 5.41) is -0.714. The second kappa shape index (κ2) is 5.63. The summed E-state index contributed by atoms with van der Waals surface area (Å²) in [6.07, 6.45) is 2.26. The molecule has 0 aromatic rings. The van der Waals surface area contributed by atoms with Crippen molar-refractivity contribution < 1.29 is 8.42 Å². The third-order valence-corrected chi connectivity index (χ3v) is 6.39. The van der Waals surface area contributed by atoms with Gasteiger partial charge in [-0.3, -0.25) is 0 Å². The van der Waals surface area contributed by atoms with Crippen LogP contribution in [0, 0.1) is 5.92 Å². The molecule has 100 valence electrons. The molecule has 0 radical (unpaired) electrons. The summed E-state index contributed by atoms with van der Waals surface area (Å²) in [4.78, 5) is 0.0818. The number of nitrogens with two attached hydrogens (primary N) is 1. The van der Waals surface area contributed by atoms with Crippen LogP contribution in [0.3, 0.4) is 0 Å². The van der Waals surface area contributed by atoms with E-state index in [1.807, 2.05) is 6.92 Å². The van der Waals surface area contributed by atoms with Gasteiger partial charge in [0.2, 0.25) is 10.0 Å². The zero-order valence-electron chi connectivity index (χ0n) is 10.7. The summed E-state index contributed by atoms with van der Waals surface area (Å²) in [6, 6.07) is 0.0483. The molecule has 17 heavy (non-hydrogen) atoms. The molecule has 0 aromatic heterocycles. The number of hydrogen-bond acceptors (Lipinski definition) is 3. The lowest BCUT2D eigenvalue weighted by Gasteiger charge is -2.37. The van der Waals surface area contributed by atoms with Crippen molar-refractivity contribution in [2.75, 3.05) is 6.54 Å². The van der Waals surface area contributed by atoms with E-state index >= 15 is 0 Å². The van der Waals surface area contributed by atoms with Crippen molar-refractivity contribution in [2.24, 2.45) is 11.7 Å². The molecular formula is C11H22N2O2S2. The fourth-order valence-electron chi connectivity index (χ4n) is 2.49. The smallest absolute Gasteiger partial charge is 0.223 e. The molecule has 2 N–H and O–H groups in total. The Kier molecular flexibility index (Phi) is 4.92. The van der Waals surface area contributed by atoms with Gasteiger partial charge in [0.25, 0.3) is 0 Å². The van der Waals surface area contributed by atoms with Crippen LogP contribution in [0.15, 0.2) is 0 Å². The predicted molar refractivity (Wildman–Crippen MR) is 74.4 cm³/mol. The molecule has 3 atom stereocenters. The van der Waals surface area contributed by atoms with Crippen LogP contribution in [0.25, 0.3) is 0 Å². The fourth-order valence-corrected chi connectivity index (χ4v) is 5.01. The summed E-state index contributed by atoms with van der Waals surface area (Å²) in [5.41, 5.74) is 5.54. The Labute approximate surface area is 110 Å². The van der Waals surface area contributed by atoms with Crippen molar-refractivity contribution >= 4 is 27.2 Å². The molecule has 6 heteroatoms. The van der Waals surface area contributed by atoms with Crippen LogP contribution < -0.4 is 5.73 Å². The predicted octanol–water partition coefficient (Wildman–Crippen LogP) is 1.50. The standard InChI is InChI=1S/C11H22N2O2S2/c1-4-10(11(12)16)17(14,15)13-6-5-8(2)7-9(13)3/h8-10H,4-7H2,1-3H3,(H2,12,16). The van der Waals surface area contributed by atoms with Crippen molar-refractivity contribution in [3.05, 3.63) is 0 Å². The zero-order chi connectivity index (χ0) is 13.2. The average Bonchev–Trinajstić information content (AvgIpc) is 2.16. The first-order valence-electron chi connectivity index (χ1n) is 6.10. The molecule has 0 amide bonds. The van der Waals surface area contributed by atoms with Gasteiger partial charge in [0.15, 0.2) is 0 Å². The highest BCUT2D eigenvalue weighted by Crippen LogP contribution is 2.27. The van der Waals surface area contributed by atoms with Crippen LogP contribution in [-0.2, 0) is 10.0 Å². The number of hydrogen-bond donors (Lipinski definition) is 1. The Morgan fingerprint density at radius 3 is 2.53 bits per heavy atom. The van der Waals surface area contributed by atoms with Gasteiger partial charge < -0.3 is 5.73 Å². The summed E-state index contributed by atoms with van der Waals surface area (Å²) in [6.45, 7) is 6.51. The van der Waals surface area contributed by atoms with Gasteiger partial charge in [-0.25, -0.2) is 8.42 Å². The molecule has 0 saturated carbocycles. The highest BCUT2D eigenvalue weighted by atomic mass is 32.2. The Morgan fingerprint density at radius 1 is 1.53 bits per heavy atom. The van der Waals surface area contributed by atoms with E-state index in [0.29, 0.717) is 18.9 Å². The molecule has 1 saturated heterocycles. The molecule has 1 aliphatic heterocycles. The minimum absolute atomic E-state index is 0.0483. The van der Waals surface area contributed by atoms with Crippen molar-refractivity contribution in [3.63, 3.8) is 0 Å². The Bertz CT molecular complexity index is 381. The van der Waals surface area contributed by atoms with Gasteiger partial charge in [-0.2, -0.15) is 4.31 Å². The van der Waals surface area contributed by atoms with Gasteiger partial charge in [-0.05, 0) is 32.1 Å². The van der Waals surface area contributed by atoms with Crippen LogP contribution in [0.2, 0.25) is 0 Å². The van der Waals surface area contributed by atoms with Crippen LogP contribution in [0.5, 0.6) is 0 Å². The topological polar surface area (TPSA) is 63.4 Å². The van der Waals surface area contributed by atoms with Crippen LogP contribution in [0.1, 0.15) is 40.0 Å². The lowest BCUT2D eigenvalue weighted by molar-refractivity contribution is 0.219.